The van der Waals surface area contributed by atoms with E-state index >= 15 is 0 Å². The molecule has 3 heterocycles. The number of hydrogen-bond donors (Lipinski definition) is 1. The average molecular weight is 333 g/mol. The Morgan fingerprint density at radius 3 is 2.70 bits per heavy atom. The maximum absolute atomic E-state index is 12.3. The summed E-state index contributed by atoms with van der Waals surface area (Å²) in [7, 11) is 0. The minimum atomic E-state index is -0.947. The van der Waals surface area contributed by atoms with Crippen LogP contribution in [0, 0.1) is 6.92 Å². The van der Waals surface area contributed by atoms with Crippen LogP contribution in [0.3, 0.4) is 0 Å². The van der Waals surface area contributed by atoms with Crippen LogP contribution in [-0.2, 0) is 11.2 Å². The van der Waals surface area contributed by atoms with Gasteiger partial charge in [0.15, 0.2) is 0 Å². The molecule has 0 aromatic carbocycles. The third-order valence-corrected chi connectivity index (χ3v) is 5.11. The molecule has 7 heteroatoms. The van der Waals surface area contributed by atoms with E-state index in [4.69, 9.17) is 5.11 Å². The normalized spacial score (nSPS) is 15.8. The number of carbonyl (C=O) groups is 2. The Morgan fingerprint density at radius 1 is 1.39 bits per heavy atom. The van der Waals surface area contributed by atoms with E-state index in [0.29, 0.717) is 25.2 Å². The highest BCUT2D eigenvalue weighted by Gasteiger charge is 2.26. The molecule has 0 aliphatic carbocycles. The summed E-state index contributed by atoms with van der Waals surface area (Å²) >= 11 is 1.60. The van der Waals surface area contributed by atoms with Crippen molar-refractivity contribution in [1.82, 2.24) is 14.7 Å². The van der Waals surface area contributed by atoms with E-state index in [0.717, 1.165) is 18.4 Å². The fourth-order valence-corrected chi connectivity index (χ4v) is 3.71. The lowest BCUT2D eigenvalue weighted by molar-refractivity contribution is -0.131. The summed E-state index contributed by atoms with van der Waals surface area (Å²) in [5.41, 5.74) is 2.00. The van der Waals surface area contributed by atoms with Gasteiger partial charge < -0.3 is 10.0 Å². The van der Waals surface area contributed by atoms with Crippen molar-refractivity contribution in [2.24, 2.45) is 0 Å². The largest absolute Gasteiger partial charge is 0.478 e. The molecule has 1 N–H and O–H groups in total. The van der Waals surface area contributed by atoms with E-state index in [2.05, 4.69) is 5.10 Å². The SMILES string of the molecule is Cc1c(C(=O)O)cnn1C1CCN(C(=O)Cc2ccsc2)CC1. The van der Waals surface area contributed by atoms with Gasteiger partial charge in [-0.15, -0.1) is 0 Å². The Hall–Kier alpha value is -2.15. The van der Waals surface area contributed by atoms with E-state index in [9.17, 15) is 9.59 Å². The number of thiophene rings is 1. The van der Waals surface area contributed by atoms with Gasteiger partial charge in [0.25, 0.3) is 0 Å². The maximum atomic E-state index is 12.3. The van der Waals surface area contributed by atoms with Crippen molar-refractivity contribution in [3.05, 3.63) is 39.8 Å². The molecule has 2 aromatic heterocycles. The molecule has 6 nitrogen and oxygen atoms in total. The zero-order chi connectivity index (χ0) is 16.4. The van der Waals surface area contributed by atoms with E-state index in [1.54, 1.807) is 22.9 Å². The zero-order valence-electron chi connectivity index (χ0n) is 12.9. The summed E-state index contributed by atoms with van der Waals surface area (Å²) in [5.74, 6) is -0.789. The van der Waals surface area contributed by atoms with Crippen LogP contribution < -0.4 is 0 Å². The van der Waals surface area contributed by atoms with Crippen LogP contribution in [0.5, 0.6) is 0 Å². The molecule has 1 fully saturated rings. The van der Waals surface area contributed by atoms with Gasteiger partial charge in [-0.05, 0) is 42.2 Å². The minimum Gasteiger partial charge on any atom is -0.478 e. The summed E-state index contributed by atoms with van der Waals surface area (Å²) in [6.07, 6.45) is 3.47. The summed E-state index contributed by atoms with van der Waals surface area (Å²) in [5, 5.41) is 17.3. The summed E-state index contributed by atoms with van der Waals surface area (Å²) in [6.45, 7) is 3.16. The molecule has 3 rings (SSSR count). The second-order valence-electron chi connectivity index (χ2n) is 5.81. The first-order chi connectivity index (χ1) is 11.1. The third kappa shape index (κ3) is 3.29. The van der Waals surface area contributed by atoms with Crippen LogP contribution in [0.25, 0.3) is 0 Å². The fourth-order valence-electron chi connectivity index (χ4n) is 3.04. The molecule has 0 unspecified atom stereocenters. The molecule has 2 aromatic rings. The molecular weight excluding hydrogens is 314 g/mol. The zero-order valence-corrected chi connectivity index (χ0v) is 13.8. The summed E-state index contributed by atoms with van der Waals surface area (Å²) < 4.78 is 1.80. The lowest BCUT2D eigenvalue weighted by atomic mass is 10.0. The second kappa shape index (κ2) is 6.54. The van der Waals surface area contributed by atoms with Crippen LogP contribution in [0.4, 0.5) is 0 Å². The molecule has 122 valence electrons. The lowest BCUT2D eigenvalue weighted by Crippen LogP contribution is -2.40. The lowest BCUT2D eigenvalue weighted by Gasteiger charge is -2.32. The van der Waals surface area contributed by atoms with Gasteiger partial charge in [0.05, 0.1) is 24.4 Å². The Morgan fingerprint density at radius 2 is 2.13 bits per heavy atom. The minimum absolute atomic E-state index is 0.158. The van der Waals surface area contributed by atoms with Gasteiger partial charge in [-0.3, -0.25) is 9.48 Å². The van der Waals surface area contributed by atoms with Gasteiger partial charge in [-0.2, -0.15) is 16.4 Å². The van der Waals surface area contributed by atoms with E-state index in [1.165, 1.54) is 6.20 Å². The molecule has 0 saturated carbocycles. The number of carboxylic acids is 1. The predicted octanol–water partition coefficient (Wildman–Crippen LogP) is 2.36. The Labute approximate surface area is 138 Å². The summed E-state index contributed by atoms with van der Waals surface area (Å²) in [6, 6.07) is 2.14. The number of nitrogens with zero attached hydrogens (tertiary/aromatic N) is 3. The standard InChI is InChI=1S/C16H19N3O3S/c1-11-14(16(21)22)9-17-19(11)13-2-5-18(6-3-13)15(20)8-12-4-7-23-10-12/h4,7,9-10,13H,2-3,5-6,8H2,1H3,(H,21,22). The first-order valence-corrected chi connectivity index (χ1v) is 8.57. The van der Waals surface area contributed by atoms with Crippen molar-refractivity contribution < 1.29 is 14.7 Å². The highest BCUT2D eigenvalue weighted by atomic mass is 32.1. The van der Waals surface area contributed by atoms with Gasteiger partial charge in [-0.1, -0.05) is 0 Å². The van der Waals surface area contributed by atoms with Crippen LogP contribution in [0.15, 0.2) is 23.0 Å². The Bertz CT molecular complexity index is 700. The predicted molar refractivity (Wildman–Crippen MR) is 86.8 cm³/mol. The smallest absolute Gasteiger partial charge is 0.339 e. The number of aromatic nitrogens is 2. The number of aromatic carboxylic acids is 1. The molecule has 0 radical (unpaired) electrons. The van der Waals surface area contributed by atoms with Gasteiger partial charge >= 0.3 is 5.97 Å². The number of amides is 1. The number of carbonyl (C=O) groups excluding carboxylic acids is 1. The highest BCUT2D eigenvalue weighted by molar-refractivity contribution is 7.08. The second-order valence-corrected chi connectivity index (χ2v) is 6.59. The first-order valence-electron chi connectivity index (χ1n) is 7.62. The molecule has 1 amide bonds. The monoisotopic (exact) mass is 333 g/mol. The van der Waals surface area contributed by atoms with E-state index in [1.807, 2.05) is 21.7 Å². The molecule has 0 spiro atoms. The quantitative estimate of drug-likeness (QED) is 0.932. The molecule has 1 aliphatic heterocycles. The van der Waals surface area contributed by atoms with Crippen molar-refractivity contribution in [1.29, 1.82) is 0 Å². The topological polar surface area (TPSA) is 75.4 Å². The molecule has 1 saturated heterocycles. The van der Waals surface area contributed by atoms with Crippen molar-refractivity contribution in [3.63, 3.8) is 0 Å². The number of hydrogen-bond acceptors (Lipinski definition) is 4. The van der Waals surface area contributed by atoms with Crippen LogP contribution in [0.1, 0.15) is 40.5 Å². The Balaban J connectivity index is 1.60. The van der Waals surface area contributed by atoms with Crippen LogP contribution in [-0.4, -0.2) is 44.8 Å². The number of likely N-dealkylation sites (tertiary alicyclic amines) is 1. The molecular formula is C16H19N3O3S. The number of piperidine rings is 1. The van der Waals surface area contributed by atoms with Crippen LogP contribution >= 0.6 is 11.3 Å². The van der Waals surface area contributed by atoms with Gasteiger partial charge in [-0.25, -0.2) is 4.79 Å². The fraction of sp³-hybridized carbons (Fsp3) is 0.438. The van der Waals surface area contributed by atoms with Crippen LogP contribution in [0.2, 0.25) is 0 Å². The van der Waals surface area contributed by atoms with Crippen molar-refractivity contribution in [3.8, 4) is 0 Å². The van der Waals surface area contributed by atoms with Gasteiger partial charge in [0, 0.05) is 13.1 Å². The molecule has 23 heavy (non-hydrogen) atoms. The van der Waals surface area contributed by atoms with Gasteiger partial charge in [0.2, 0.25) is 5.91 Å². The molecule has 1 aliphatic rings. The molecule has 0 atom stereocenters. The number of carboxylic acid groups (broad SMARTS) is 1. The molecule has 0 bridgehead atoms. The first kappa shape index (κ1) is 15.7. The van der Waals surface area contributed by atoms with Gasteiger partial charge in [0.1, 0.15) is 5.56 Å². The third-order valence-electron chi connectivity index (χ3n) is 4.37. The van der Waals surface area contributed by atoms with Crippen molar-refractivity contribution >= 4 is 23.2 Å². The van der Waals surface area contributed by atoms with Crippen molar-refractivity contribution in [2.45, 2.75) is 32.2 Å². The Kier molecular flexibility index (Phi) is 4.47. The van der Waals surface area contributed by atoms with Crippen molar-refractivity contribution in [2.75, 3.05) is 13.1 Å². The average Bonchev–Trinajstić information content (AvgIpc) is 3.17. The van der Waals surface area contributed by atoms with E-state index < -0.39 is 5.97 Å². The van der Waals surface area contributed by atoms with E-state index in [-0.39, 0.29) is 17.5 Å². The maximum Gasteiger partial charge on any atom is 0.339 e. The summed E-state index contributed by atoms with van der Waals surface area (Å²) in [4.78, 5) is 25.3. The number of rotatable bonds is 4. The highest BCUT2D eigenvalue weighted by Crippen LogP contribution is 2.25.